The van der Waals surface area contributed by atoms with Gasteiger partial charge in [-0.1, -0.05) is 50.2 Å². The number of ether oxygens (including phenoxy) is 1. The molecule has 0 atom stereocenters. The fourth-order valence-corrected chi connectivity index (χ4v) is 4.27. The second-order valence-electron chi connectivity index (χ2n) is 7.39. The van der Waals surface area contributed by atoms with Crippen LogP contribution in [-0.4, -0.2) is 27.1 Å². The van der Waals surface area contributed by atoms with E-state index >= 15 is 0 Å². The van der Waals surface area contributed by atoms with Gasteiger partial charge in [-0.3, -0.25) is 9.10 Å². The minimum Gasteiger partial charge on any atom is -0.457 e. The molecule has 1 N–H and O–H groups in total. The SMILES string of the molecule is CCc1cccc(CC)c1NC(=O)CN(c1ccc(Oc2ccccc2)cc1)S(C)(=O)=O. The number of anilines is 2. The third-order valence-corrected chi connectivity index (χ3v) is 6.20. The number of benzene rings is 3. The Hall–Kier alpha value is -3.32. The van der Waals surface area contributed by atoms with E-state index in [1.807, 2.05) is 62.4 Å². The zero-order valence-electron chi connectivity index (χ0n) is 18.5. The number of nitrogens with zero attached hydrogens (tertiary/aromatic N) is 1. The number of para-hydroxylation sites is 2. The molecule has 0 bridgehead atoms. The van der Waals surface area contributed by atoms with E-state index in [1.165, 1.54) is 0 Å². The fraction of sp³-hybridized carbons (Fsp3) is 0.240. The standard InChI is InChI=1S/C25H28N2O4S/c1-4-19-10-9-11-20(5-2)25(19)26-24(28)18-27(32(3,29)30)21-14-16-23(17-15-21)31-22-12-7-6-8-13-22/h6-17H,4-5,18H2,1-3H3,(H,26,28). The number of aryl methyl sites for hydroxylation is 2. The van der Waals surface area contributed by atoms with Crippen molar-refractivity contribution in [1.82, 2.24) is 0 Å². The Labute approximate surface area is 189 Å². The number of sulfonamides is 1. The Bertz CT molecular complexity index is 1140. The predicted octanol–water partition coefficient (Wildman–Crippen LogP) is 5.01. The first kappa shape index (κ1) is 23.3. The predicted molar refractivity (Wildman–Crippen MR) is 129 cm³/mol. The second-order valence-corrected chi connectivity index (χ2v) is 9.29. The molecule has 0 aliphatic carbocycles. The number of hydrogen-bond donors (Lipinski definition) is 1. The van der Waals surface area contributed by atoms with E-state index in [0.717, 1.165) is 40.2 Å². The summed E-state index contributed by atoms with van der Waals surface area (Å²) >= 11 is 0. The maximum absolute atomic E-state index is 12.8. The molecule has 0 radical (unpaired) electrons. The topological polar surface area (TPSA) is 75.7 Å². The summed E-state index contributed by atoms with van der Waals surface area (Å²) in [7, 11) is -3.68. The molecule has 0 saturated carbocycles. The maximum atomic E-state index is 12.8. The van der Waals surface area contributed by atoms with Crippen molar-refractivity contribution in [1.29, 1.82) is 0 Å². The zero-order valence-corrected chi connectivity index (χ0v) is 19.4. The summed E-state index contributed by atoms with van der Waals surface area (Å²) in [6.07, 6.45) is 2.62. The third-order valence-electron chi connectivity index (χ3n) is 5.05. The van der Waals surface area contributed by atoms with Crippen molar-refractivity contribution < 1.29 is 17.9 Å². The van der Waals surface area contributed by atoms with E-state index in [0.29, 0.717) is 17.2 Å². The van der Waals surface area contributed by atoms with Crippen molar-refractivity contribution in [3.8, 4) is 11.5 Å². The highest BCUT2D eigenvalue weighted by atomic mass is 32.2. The van der Waals surface area contributed by atoms with Crippen molar-refractivity contribution in [2.24, 2.45) is 0 Å². The van der Waals surface area contributed by atoms with Crippen molar-refractivity contribution in [3.05, 3.63) is 83.9 Å². The summed E-state index contributed by atoms with van der Waals surface area (Å²) in [6, 6.07) is 21.8. The van der Waals surface area contributed by atoms with Gasteiger partial charge in [-0.2, -0.15) is 0 Å². The van der Waals surface area contributed by atoms with Gasteiger partial charge in [0.2, 0.25) is 15.9 Å². The van der Waals surface area contributed by atoms with Crippen molar-refractivity contribution in [2.45, 2.75) is 26.7 Å². The van der Waals surface area contributed by atoms with Crippen LogP contribution >= 0.6 is 0 Å². The van der Waals surface area contributed by atoms with Crippen molar-refractivity contribution in [2.75, 3.05) is 22.4 Å². The van der Waals surface area contributed by atoms with Crippen molar-refractivity contribution >= 4 is 27.3 Å². The highest BCUT2D eigenvalue weighted by Crippen LogP contribution is 2.26. The molecular weight excluding hydrogens is 424 g/mol. The highest BCUT2D eigenvalue weighted by molar-refractivity contribution is 7.92. The molecule has 168 valence electrons. The number of amides is 1. The van der Waals surface area contributed by atoms with Gasteiger partial charge in [0.05, 0.1) is 11.9 Å². The van der Waals surface area contributed by atoms with E-state index in [-0.39, 0.29) is 6.54 Å². The van der Waals surface area contributed by atoms with Gasteiger partial charge in [0.25, 0.3) is 0 Å². The number of carbonyl (C=O) groups excluding carboxylic acids is 1. The lowest BCUT2D eigenvalue weighted by atomic mass is 10.0. The normalized spacial score (nSPS) is 11.1. The largest absolute Gasteiger partial charge is 0.457 e. The lowest BCUT2D eigenvalue weighted by Crippen LogP contribution is -2.37. The van der Waals surface area contributed by atoms with E-state index in [4.69, 9.17) is 4.74 Å². The molecular formula is C25H28N2O4S. The molecule has 3 rings (SSSR count). The Kier molecular flexibility index (Phi) is 7.53. The second kappa shape index (κ2) is 10.3. The number of carbonyl (C=O) groups is 1. The average molecular weight is 453 g/mol. The smallest absolute Gasteiger partial charge is 0.245 e. The van der Waals surface area contributed by atoms with Crippen LogP contribution in [0.3, 0.4) is 0 Å². The summed E-state index contributed by atoms with van der Waals surface area (Å²) in [5, 5.41) is 2.93. The molecule has 0 aromatic heterocycles. The van der Waals surface area contributed by atoms with Crippen LogP contribution < -0.4 is 14.4 Å². The van der Waals surface area contributed by atoms with Crippen LogP contribution in [0.15, 0.2) is 72.8 Å². The van der Waals surface area contributed by atoms with Gasteiger partial charge in [-0.25, -0.2) is 8.42 Å². The van der Waals surface area contributed by atoms with E-state index < -0.39 is 15.9 Å². The van der Waals surface area contributed by atoms with Gasteiger partial charge in [-0.15, -0.1) is 0 Å². The maximum Gasteiger partial charge on any atom is 0.245 e. The molecule has 3 aromatic rings. The summed E-state index contributed by atoms with van der Waals surface area (Å²) in [4.78, 5) is 12.8. The summed E-state index contributed by atoms with van der Waals surface area (Å²) in [6.45, 7) is 3.72. The minimum absolute atomic E-state index is 0.321. The molecule has 0 aliphatic heterocycles. The molecule has 7 heteroatoms. The number of rotatable bonds is 9. The van der Waals surface area contributed by atoms with Crippen LogP contribution in [0.2, 0.25) is 0 Å². The van der Waals surface area contributed by atoms with Gasteiger partial charge < -0.3 is 10.1 Å². The summed E-state index contributed by atoms with van der Waals surface area (Å²) in [5.41, 5.74) is 3.20. The van der Waals surface area contributed by atoms with E-state index in [2.05, 4.69) is 5.32 Å². The van der Waals surface area contributed by atoms with Gasteiger partial charge in [0.1, 0.15) is 18.0 Å². The molecule has 0 aliphatic rings. The molecule has 6 nitrogen and oxygen atoms in total. The molecule has 0 saturated heterocycles. The monoisotopic (exact) mass is 452 g/mol. The van der Waals surface area contributed by atoms with Crippen LogP contribution in [0.1, 0.15) is 25.0 Å². The third kappa shape index (κ3) is 5.88. The Morgan fingerprint density at radius 3 is 1.94 bits per heavy atom. The van der Waals surface area contributed by atoms with Gasteiger partial charge in [0, 0.05) is 5.69 Å². The first-order chi connectivity index (χ1) is 15.3. The highest BCUT2D eigenvalue weighted by Gasteiger charge is 2.22. The number of nitrogens with one attached hydrogen (secondary N) is 1. The summed E-state index contributed by atoms with van der Waals surface area (Å²) in [5.74, 6) is 0.860. The van der Waals surface area contributed by atoms with Crippen LogP contribution in [0.5, 0.6) is 11.5 Å². The van der Waals surface area contributed by atoms with Crippen LogP contribution in [0.25, 0.3) is 0 Å². The molecule has 3 aromatic carbocycles. The Morgan fingerprint density at radius 1 is 0.844 bits per heavy atom. The summed E-state index contributed by atoms with van der Waals surface area (Å²) < 4.78 is 31.8. The van der Waals surface area contributed by atoms with Crippen LogP contribution in [0, 0.1) is 0 Å². The Morgan fingerprint density at radius 2 is 1.41 bits per heavy atom. The lowest BCUT2D eigenvalue weighted by molar-refractivity contribution is -0.114. The van der Waals surface area contributed by atoms with Crippen LogP contribution in [0.4, 0.5) is 11.4 Å². The fourth-order valence-electron chi connectivity index (χ4n) is 3.42. The quantitative estimate of drug-likeness (QED) is 0.495. The zero-order chi connectivity index (χ0) is 23.1. The molecule has 0 unspecified atom stereocenters. The average Bonchev–Trinajstić information content (AvgIpc) is 2.78. The van der Waals surface area contributed by atoms with Gasteiger partial charge in [-0.05, 0) is 60.4 Å². The first-order valence-corrected chi connectivity index (χ1v) is 12.4. The van der Waals surface area contributed by atoms with E-state index in [1.54, 1.807) is 24.3 Å². The molecule has 1 amide bonds. The van der Waals surface area contributed by atoms with Crippen LogP contribution in [-0.2, 0) is 27.7 Å². The lowest BCUT2D eigenvalue weighted by Gasteiger charge is -2.23. The van der Waals surface area contributed by atoms with Crippen molar-refractivity contribution in [3.63, 3.8) is 0 Å². The minimum atomic E-state index is -3.68. The van der Waals surface area contributed by atoms with E-state index in [9.17, 15) is 13.2 Å². The van der Waals surface area contributed by atoms with Gasteiger partial charge >= 0.3 is 0 Å². The molecule has 0 heterocycles. The molecule has 0 fully saturated rings. The molecule has 32 heavy (non-hydrogen) atoms. The Balaban J connectivity index is 1.79. The first-order valence-electron chi connectivity index (χ1n) is 10.5. The number of hydrogen-bond acceptors (Lipinski definition) is 4. The van der Waals surface area contributed by atoms with Gasteiger partial charge in [0.15, 0.2) is 0 Å². The molecule has 0 spiro atoms.